The lowest BCUT2D eigenvalue weighted by Crippen LogP contribution is -3.15. The Morgan fingerprint density at radius 2 is 1.86 bits per heavy atom. The van der Waals surface area contributed by atoms with Crippen LogP contribution in [0.3, 0.4) is 0 Å². The molecular weight excluding hydrogens is 370 g/mol. The van der Waals surface area contributed by atoms with Gasteiger partial charge in [-0.2, -0.15) is 0 Å². The minimum atomic E-state index is 0.299. The highest BCUT2D eigenvalue weighted by atomic mass is 32.1. The molecule has 28 heavy (non-hydrogen) atoms. The highest BCUT2D eigenvalue weighted by molar-refractivity contribution is 7.80. The molecule has 0 unspecified atom stereocenters. The zero-order valence-electron chi connectivity index (χ0n) is 16.9. The van der Waals surface area contributed by atoms with E-state index in [2.05, 4.69) is 48.7 Å². The van der Waals surface area contributed by atoms with E-state index >= 15 is 0 Å². The number of hydrogen-bond donors (Lipinski definition) is 3. The summed E-state index contributed by atoms with van der Waals surface area (Å²) < 4.78 is 10.9. The number of rotatable bonds is 6. The van der Waals surface area contributed by atoms with Gasteiger partial charge in [0.15, 0.2) is 5.11 Å². The highest BCUT2D eigenvalue weighted by Crippen LogP contribution is 2.18. The molecule has 2 aromatic rings. The first-order valence-corrected chi connectivity index (χ1v) is 10.2. The zero-order valence-corrected chi connectivity index (χ0v) is 17.7. The SMILES string of the molecule is COc1ccc([C@@H](CNC(=S)Nc2cccc(C)c2C)[NH+]2CCOCC2)cc1. The van der Waals surface area contributed by atoms with Gasteiger partial charge in [0, 0.05) is 11.3 Å². The summed E-state index contributed by atoms with van der Waals surface area (Å²) in [4.78, 5) is 1.51. The van der Waals surface area contributed by atoms with Gasteiger partial charge in [-0.1, -0.05) is 12.1 Å². The molecule has 6 heteroatoms. The van der Waals surface area contributed by atoms with E-state index in [9.17, 15) is 0 Å². The van der Waals surface area contributed by atoms with Gasteiger partial charge in [0.25, 0.3) is 0 Å². The molecule has 0 amide bonds. The number of ether oxygens (including phenoxy) is 2. The number of hydrogen-bond acceptors (Lipinski definition) is 3. The standard InChI is InChI=1S/C22H29N3O2S/c1-16-5-4-6-20(17(16)2)24-22(28)23-15-21(25-11-13-27-14-12-25)18-7-9-19(26-3)10-8-18/h4-10,21H,11-15H2,1-3H3,(H2,23,24,28)/p+1/t21-/m1/s1. The second kappa shape index (κ2) is 9.87. The van der Waals surface area contributed by atoms with E-state index in [0.29, 0.717) is 11.2 Å². The molecule has 3 N–H and O–H groups in total. The Morgan fingerprint density at radius 1 is 1.14 bits per heavy atom. The number of aryl methyl sites for hydroxylation is 1. The third-order valence-corrected chi connectivity index (χ3v) is 5.71. The monoisotopic (exact) mass is 400 g/mol. The van der Waals surface area contributed by atoms with Crippen molar-refractivity contribution >= 4 is 23.0 Å². The van der Waals surface area contributed by atoms with Crippen LogP contribution in [-0.2, 0) is 4.74 Å². The molecule has 0 saturated carbocycles. The molecule has 1 atom stereocenters. The van der Waals surface area contributed by atoms with E-state index in [-0.39, 0.29) is 0 Å². The van der Waals surface area contributed by atoms with Crippen molar-refractivity contribution in [3.05, 3.63) is 59.2 Å². The normalized spacial score (nSPS) is 15.7. The van der Waals surface area contributed by atoms with Crippen molar-refractivity contribution in [2.24, 2.45) is 0 Å². The summed E-state index contributed by atoms with van der Waals surface area (Å²) in [5, 5.41) is 7.43. The van der Waals surface area contributed by atoms with Crippen LogP contribution in [0.2, 0.25) is 0 Å². The summed E-state index contributed by atoms with van der Waals surface area (Å²) in [6.45, 7) is 8.57. The van der Waals surface area contributed by atoms with Gasteiger partial charge < -0.3 is 25.0 Å². The van der Waals surface area contributed by atoms with E-state index in [1.165, 1.54) is 21.6 Å². The minimum absolute atomic E-state index is 0.299. The Kier molecular flexibility index (Phi) is 7.25. The van der Waals surface area contributed by atoms with Crippen molar-refractivity contribution in [2.45, 2.75) is 19.9 Å². The van der Waals surface area contributed by atoms with Crippen molar-refractivity contribution in [3.63, 3.8) is 0 Å². The molecule has 0 radical (unpaired) electrons. The molecular formula is C22H30N3O2S+. The maximum atomic E-state index is 5.57. The summed E-state index contributed by atoms with van der Waals surface area (Å²) in [5.41, 5.74) is 4.80. The van der Waals surface area contributed by atoms with Crippen LogP contribution < -0.4 is 20.3 Å². The van der Waals surface area contributed by atoms with Crippen molar-refractivity contribution in [1.29, 1.82) is 0 Å². The molecule has 5 nitrogen and oxygen atoms in total. The summed E-state index contributed by atoms with van der Waals surface area (Å²) >= 11 is 5.57. The second-order valence-electron chi connectivity index (χ2n) is 7.18. The summed E-state index contributed by atoms with van der Waals surface area (Å²) in [6.07, 6.45) is 0. The van der Waals surface area contributed by atoms with Crippen LogP contribution >= 0.6 is 12.2 Å². The maximum Gasteiger partial charge on any atom is 0.171 e. The lowest BCUT2D eigenvalue weighted by atomic mass is 10.0. The lowest BCUT2D eigenvalue weighted by Gasteiger charge is -2.32. The van der Waals surface area contributed by atoms with Crippen LogP contribution in [0.15, 0.2) is 42.5 Å². The number of thiocarbonyl (C=S) groups is 1. The molecule has 0 aliphatic carbocycles. The summed E-state index contributed by atoms with van der Waals surface area (Å²) in [5.74, 6) is 0.875. The Morgan fingerprint density at radius 3 is 2.54 bits per heavy atom. The topological polar surface area (TPSA) is 47.0 Å². The van der Waals surface area contributed by atoms with Crippen LogP contribution in [0.4, 0.5) is 5.69 Å². The fraction of sp³-hybridized carbons (Fsp3) is 0.409. The minimum Gasteiger partial charge on any atom is -0.497 e. The van der Waals surface area contributed by atoms with E-state index < -0.39 is 0 Å². The first-order chi connectivity index (χ1) is 13.6. The van der Waals surface area contributed by atoms with E-state index in [4.69, 9.17) is 21.7 Å². The lowest BCUT2D eigenvalue weighted by molar-refractivity contribution is -0.937. The summed E-state index contributed by atoms with van der Waals surface area (Å²) in [7, 11) is 1.69. The Bertz CT molecular complexity index is 789. The largest absolute Gasteiger partial charge is 0.497 e. The van der Waals surface area contributed by atoms with E-state index in [1.54, 1.807) is 7.11 Å². The predicted octanol–water partition coefficient (Wildman–Crippen LogP) is 2.25. The first-order valence-electron chi connectivity index (χ1n) is 9.76. The van der Waals surface area contributed by atoms with Gasteiger partial charge in [0.05, 0.1) is 26.9 Å². The Hall–Kier alpha value is -2.15. The average Bonchev–Trinajstić information content (AvgIpc) is 2.73. The van der Waals surface area contributed by atoms with Crippen LogP contribution in [-0.4, -0.2) is 45.1 Å². The number of anilines is 1. The molecule has 0 spiro atoms. The van der Waals surface area contributed by atoms with Gasteiger partial charge in [-0.3, -0.25) is 0 Å². The van der Waals surface area contributed by atoms with Crippen molar-refractivity contribution in [2.75, 3.05) is 45.3 Å². The zero-order chi connectivity index (χ0) is 19.9. The number of quaternary nitrogens is 1. The quantitative estimate of drug-likeness (QED) is 0.650. The smallest absolute Gasteiger partial charge is 0.171 e. The molecule has 2 aromatic carbocycles. The van der Waals surface area contributed by atoms with Gasteiger partial charge in [-0.15, -0.1) is 0 Å². The fourth-order valence-electron chi connectivity index (χ4n) is 3.56. The molecule has 1 aliphatic heterocycles. The molecule has 1 fully saturated rings. The van der Waals surface area contributed by atoms with Gasteiger partial charge >= 0.3 is 0 Å². The first kappa shape index (κ1) is 20.6. The molecule has 150 valence electrons. The number of morpholine rings is 1. The van der Waals surface area contributed by atoms with Crippen LogP contribution in [0.5, 0.6) is 5.75 Å². The molecule has 1 aliphatic rings. The number of methoxy groups -OCH3 is 1. The second-order valence-corrected chi connectivity index (χ2v) is 7.59. The molecule has 1 saturated heterocycles. The molecule has 3 rings (SSSR count). The predicted molar refractivity (Wildman–Crippen MR) is 117 cm³/mol. The Balaban J connectivity index is 1.68. The number of nitrogens with one attached hydrogen (secondary N) is 3. The van der Waals surface area contributed by atoms with Gasteiger partial charge in [-0.25, -0.2) is 0 Å². The highest BCUT2D eigenvalue weighted by Gasteiger charge is 2.26. The van der Waals surface area contributed by atoms with Gasteiger partial charge in [0.1, 0.15) is 24.9 Å². The molecule has 0 bridgehead atoms. The average molecular weight is 401 g/mol. The van der Waals surface area contributed by atoms with Crippen molar-refractivity contribution in [3.8, 4) is 5.75 Å². The Labute approximate surface area is 173 Å². The maximum absolute atomic E-state index is 5.57. The van der Waals surface area contributed by atoms with E-state index in [0.717, 1.165) is 44.3 Å². The third kappa shape index (κ3) is 5.22. The summed E-state index contributed by atoms with van der Waals surface area (Å²) in [6, 6.07) is 14.9. The van der Waals surface area contributed by atoms with E-state index in [1.807, 2.05) is 18.2 Å². The fourth-order valence-corrected chi connectivity index (χ4v) is 3.76. The van der Waals surface area contributed by atoms with Crippen LogP contribution in [0.25, 0.3) is 0 Å². The van der Waals surface area contributed by atoms with Crippen LogP contribution in [0, 0.1) is 13.8 Å². The molecule has 1 heterocycles. The third-order valence-electron chi connectivity index (χ3n) is 5.47. The van der Waals surface area contributed by atoms with Gasteiger partial charge in [0.2, 0.25) is 0 Å². The van der Waals surface area contributed by atoms with Crippen molar-refractivity contribution in [1.82, 2.24) is 5.32 Å². The van der Waals surface area contributed by atoms with Crippen LogP contribution in [0.1, 0.15) is 22.7 Å². The number of benzene rings is 2. The van der Waals surface area contributed by atoms with Gasteiger partial charge in [-0.05, 0) is 67.5 Å². The molecule has 0 aromatic heterocycles. The van der Waals surface area contributed by atoms with Crippen molar-refractivity contribution < 1.29 is 14.4 Å².